The van der Waals surface area contributed by atoms with Crippen LogP contribution >= 0.6 is 33.9 Å². The molecule has 0 aliphatic heterocycles. The summed E-state index contributed by atoms with van der Waals surface area (Å²) in [4.78, 5) is 21.7. The van der Waals surface area contributed by atoms with Crippen LogP contribution in [0.5, 0.6) is 5.75 Å². The number of hydrogen-bond donors (Lipinski definition) is 1. The Morgan fingerprint density at radius 3 is 2.82 bits per heavy atom. The van der Waals surface area contributed by atoms with Crippen molar-refractivity contribution in [2.45, 2.75) is 13.8 Å². The first-order chi connectivity index (χ1) is 13.5. The molecular weight excluding hydrogens is 487 g/mol. The number of aliphatic imine (C=N–C) groups is 1. The van der Waals surface area contributed by atoms with E-state index in [4.69, 9.17) is 4.74 Å². The fraction of sp³-hybridized carbons (Fsp3) is 0.150. The molecule has 2 aromatic heterocycles. The predicted molar refractivity (Wildman–Crippen MR) is 122 cm³/mol. The zero-order valence-electron chi connectivity index (χ0n) is 15.3. The minimum atomic E-state index is -0.137. The Labute approximate surface area is 179 Å². The number of benzene rings is 2. The van der Waals surface area contributed by atoms with Gasteiger partial charge < -0.3 is 4.74 Å². The Kier molecular flexibility index (Phi) is 5.31. The number of halogens is 1. The summed E-state index contributed by atoms with van der Waals surface area (Å²) in [6.45, 7) is 4.43. The molecule has 6 nitrogen and oxygen atoms in total. The molecule has 0 spiro atoms. The number of nitrogens with one attached hydrogen (secondary N) is 1. The van der Waals surface area contributed by atoms with Crippen LogP contribution in [0.3, 0.4) is 0 Å². The average molecular weight is 504 g/mol. The van der Waals surface area contributed by atoms with Crippen molar-refractivity contribution >= 4 is 55.5 Å². The molecule has 0 aliphatic rings. The van der Waals surface area contributed by atoms with E-state index in [1.54, 1.807) is 6.21 Å². The second kappa shape index (κ2) is 7.88. The molecular formula is C20H17IN4O2S. The molecule has 8 heteroatoms. The van der Waals surface area contributed by atoms with Crippen molar-refractivity contribution in [1.82, 2.24) is 14.8 Å². The lowest BCUT2D eigenvalue weighted by Gasteiger charge is -2.00. The largest absolute Gasteiger partial charge is 0.494 e. The lowest BCUT2D eigenvalue weighted by Crippen LogP contribution is -2.17. The Hall–Kier alpha value is -2.46. The van der Waals surface area contributed by atoms with E-state index in [1.165, 1.54) is 16.0 Å². The fourth-order valence-corrected chi connectivity index (χ4v) is 4.01. The van der Waals surface area contributed by atoms with Crippen molar-refractivity contribution in [2.24, 2.45) is 4.99 Å². The molecule has 0 saturated carbocycles. The third kappa shape index (κ3) is 3.74. The monoisotopic (exact) mass is 504 g/mol. The van der Waals surface area contributed by atoms with Gasteiger partial charge in [-0.05, 0) is 78.9 Å². The first-order valence-corrected chi connectivity index (χ1v) is 10.6. The van der Waals surface area contributed by atoms with Crippen LogP contribution in [0.1, 0.15) is 18.2 Å². The minimum Gasteiger partial charge on any atom is -0.494 e. The lowest BCUT2D eigenvalue weighted by molar-refractivity contribution is 0.341. The Morgan fingerprint density at radius 1 is 1.29 bits per heavy atom. The van der Waals surface area contributed by atoms with E-state index in [9.17, 15) is 4.79 Å². The highest BCUT2D eigenvalue weighted by molar-refractivity contribution is 14.1. The van der Waals surface area contributed by atoms with Gasteiger partial charge in [0.2, 0.25) is 5.13 Å². The van der Waals surface area contributed by atoms with Gasteiger partial charge >= 0.3 is 0 Å². The van der Waals surface area contributed by atoms with Crippen molar-refractivity contribution < 1.29 is 4.74 Å². The number of fused-ring (bicyclic) bond motifs is 1. The maximum absolute atomic E-state index is 12.8. The summed E-state index contributed by atoms with van der Waals surface area (Å²) in [7, 11) is 0. The molecule has 4 rings (SSSR count). The van der Waals surface area contributed by atoms with Crippen LogP contribution < -0.4 is 10.3 Å². The molecule has 0 radical (unpaired) electrons. The molecule has 28 heavy (non-hydrogen) atoms. The molecule has 1 N–H and O–H groups in total. The van der Waals surface area contributed by atoms with E-state index in [2.05, 4.69) is 37.7 Å². The normalized spacial score (nSPS) is 11.5. The van der Waals surface area contributed by atoms with Crippen LogP contribution in [0.2, 0.25) is 0 Å². The summed E-state index contributed by atoms with van der Waals surface area (Å²) >= 11 is 3.70. The first kappa shape index (κ1) is 18.9. The van der Waals surface area contributed by atoms with Crippen molar-refractivity contribution in [3.8, 4) is 11.4 Å². The number of nitrogens with zero attached hydrogens (tertiary/aromatic N) is 3. The van der Waals surface area contributed by atoms with Gasteiger partial charge in [0.05, 0.1) is 28.1 Å². The summed E-state index contributed by atoms with van der Waals surface area (Å²) in [6.07, 6.45) is 1.58. The number of aromatic nitrogens is 3. The van der Waals surface area contributed by atoms with Gasteiger partial charge in [-0.25, -0.2) is 14.7 Å². The van der Waals surface area contributed by atoms with Crippen molar-refractivity contribution in [1.29, 1.82) is 0 Å². The Morgan fingerprint density at radius 2 is 2.07 bits per heavy atom. The van der Waals surface area contributed by atoms with Gasteiger partial charge in [-0.1, -0.05) is 11.3 Å². The Balaban J connectivity index is 1.65. The molecule has 0 saturated heterocycles. The summed E-state index contributed by atoms with van der Waals surface area (Å²) in [6, 6.07) is 13.5. The molecule has 2 aromatic carbocycles. The minimum absolute atomic E-state index is 0.137. The zero-order chi connectivity index (χ0) is 19.7. The van der Waals surface area contributed by atoms with Crippen molar-refractivity contribution in [3.63, 3.8) is 0 Å². The number of aryl methyl sites for hydroxylation is 1. The van der Waals surface area contributed by atoms with Crippen LogP contribution in [0.25, 0.3) is 15.9 Å². The number of thiazole rings is 1. The second-order valence-corrected chi connectivity index (χ2v) is 8.34. The summed E-state index contributed by atoms with van der Waals surface area (Å²) in [5, 5.41) is 3.71. The molecule has 0 bridgehead atoms. The molecule has 4 aromatic rings. The van der Waals surface area contributed by atoms with E-state index in [1.807, 2.05) is 56.3 Å². The van der Waals surface area contributed by atoms with Crippen LogP contribution in [0, 0.1) is 10.5 Å². The highest BCUT2D eigenvalue weighted by atomic mass is 127. The zero-order valence-corrected chi connectivity index (χ0v) is 18.2. The number of ether oxygens (including phenoxy) is 1. The van der Waals surface area contributed by atoms with Crippen LogP contribution in [0.15, 0.2) is 52.3 Å². The smallest absolute Gasteiger partial charge is 0.280 e. The van der Waals surface area contributed by atoms with Gasteiger partial charge in [-0.2, -0.15) is 0 Å². The van der Waals surface area contributed by atoms with E-state index >= 15 is 0 Å². The van der Waals surface area contributed by atoms with E-state index in [0.717, 1.165) is 30.9 Å². The molecule has 0 atom stereocenters. The number of aromatic amines is 1. The first-order valence-electron chi connectivity index (χ1n) is 8.70. The standard InChI is InChI=1S/C20H17IN4O2S/c1-3-27-15-8-9-17-18(10-15)28-20(23-17)22-11-16-12(2)24-25(19(16)26)14-6-4-13(21)5-7-14/h4-11,24H,3H2,1-2H3. The van der Waals surface area contributed by atoms with Crippen LogP contribution in [-0.2, 0) is 0 Å². The second-order valence-electron chi connectivity index (χ2n) is 6.08. The van der Waals surface area contributed by atoms with Gasteiger partial charge in [0.1, 0.15) is 5.75 Å². The van der Waals surface area contributed by atoms with Gasteiger partial charge in [0, 0.05) is 15.5 Å². The number of H-pyrrole nitrogens is 1. The van der Waals surface area contributed by atoms with E-state index in [0.29, 0.717) is 17.3 Å². The highest BCUT2D eigenvalue weighted by Gasteiger charge is 2.11. The summed E-state index contributed by atoms with van der Waals surface area (Å²) in [5.41, 5.74) is 2.79. The quantitative estimate of drug-likeness (QED) is 0.313. The van der Waals surface area contributed by atoms with E-state index < -0.39 is 0 Å². The van der Waals surface area contributed by atoms with E-state index in [-0.39, 0.29) is 5.56 Å². The number of hydrogen-bond acceptors (Lipinski definition) is 5. The fourth-order valence-electron chi connectivity index (χ4n) is 2.81. The van der Waals surface area contributed by atoms with Gasteiger partial charge in [-0.3, -0.25) is 9.89 Å². The van der Waals surface area contributed by atoms with Crippen molar-refractivity contribution in [2.75, 3.05) is 6.61 Å². The summed E-state index contributed by atoms with van der Waals surface area (Å²) < 4.78 is 9.17. The third-order valence-corrected chi connectivity index (χ3v) is 5.81. The number of rotatable bonds is 5. The van der Waals surface area contributed by atoms with Gasteiger partial charge in [-0.15, -0.1) is 0 Å². The molecule has 2 heterocycles. The Bertz CT molecular complexity index is 1220. The van der Waals surface area contributed by atoms with Gasteiger partial charge in [0.25, 0.3) is 5.56 Å². The molecule has 0 unspecified atom stereocenters. The van der Waals surface area contributed by atoms with Gasteiger partial charge in [0.15, 0.2) is 0 Å². The topological polar surface area (TPSA) is 72.3 Å². The molecule has 142 valence electrons. The lowest BCUT2D eigenvalue weighted by atomic mass is 10.3. The predicted octanol–water partition coefficient (Wildman–Crippen LogP) is 4.84. The maximum atomic E-state index is 12.8. The maximum Gasteiger partial charge on any atom is 0.280 e. The average Bonchev–Trinajstić information content (AvgIpc) is 3.21. The highest BCUT2D eigenvalue weighted by Crippen LogP contribution is 2.30. The van der Waals surface area contributed by atoms with Crippen LogP contribution in [0.4, 0.5) is 5.13 Å². The van der Waals surface area contributed by atoms with Crippen LogP contribution in [-0.4, -0.2) is 27.6 Å². The molecule has 0 amide bonds. The SMILES string of the molecule is CCOc1ccc2nc(N=Cc3c(C)[nH]n(-c4ccc(I)cc4)c3=O)sc2c1. The van der Waals surface area contributed by atoms with Crippen molar-refractivity contribution in [3.05, 3.63) is 67.6 Å². The third-order valence-electron chi connectivity index (χ3n) is 4.17. The molecule has 0 fully saturated rings. The summed E-state index contributed by atoms with van der Waals surface area (Å²) in [5.74, 6) is 0.816. The molecule has 0 aliphatic carbocycles.